The molecule has 39 heavy (non-hydrogen) atoms. The molecule has 0 spiro atoms. The Bertz CT molecular complexity index is 1650. The van der Waals surface area contributed by atoms with Crippen LogP contribution < -0.4 is 0 Å². The van der Waals surface area contributed by atoms with E-state index in [0.717, 1.165) is 0 Å². The van der Waals surface area contributed by atoms with Gasteiger partial charge in [0.15, 0.2) is 16.6 Å². The highest BCUT2D eigenvalue weighted by molar-refractivity contribution is 9.11. The Morgan fingerprint density at radius 3 is 1.00 bits per heavy atom. The highest BCUT2D eigenvalue weighted by Crippen LogP contribution is 2.29. The lowest BCUT2D eigenvalue weighted by molar-refractivity contribution is -0.383. The molecule has 0 saturated carbocycles. The van der Waals surface area contributed by atoms with Gasteiger partial charge >= 0.3 is 0 Å². The Labute approximate surface area is 240 Å². The lowest BCUT2D eigenvalue weighted by Gasteiger charge is -1.90. The maximum atomic E-state index is 10.6. The van der Waals surface area contributed by atoms with Crippen LogP contribution in [0.4, 0.5) is 17.1 Å². The average molecular weight is 726 g/mol. The number of nitrogens with zero attached hydrogens (tertiary/aromatic N) is 6. The van der Waals surface area contributed by atoms with Crippen molar-refractivity contribution in [1.29, 1.82) is 0 Å². The van der Waals surface area contributed by atoms with Gasteiger partial charge in [-0.25, -0.2) is 0 Å². The van der Waals surface area contributed by atoms with Crippen molar-refractivity contribution < 1.29 is 14.8 Å². The van der Waals surface area contributed by atoms with Gasteiger partial charge in [0.05, 0.1) is 14.8 Å². The number of aromatic amines is 3. The van der Waals surface area contributed by atoms with Gasteiger partial charge in [-0.2, -0.15) is 15.3 Å². The summed E-state index contributed by atoms with van der Waals surface area (Å²) in [6.45, 7) is 0. The molecule has 0 atom stereocenters. The summed E-state index contributed by atoms with van der Waals surface area (Å²) in [5.74, 6) is 0. The van der Waals surface area contributed by atoms with E-state index in [1.807, 2.05) is 0 Å². The van der Waals surface area contributed by atoms with Crippen molar-refractivity contribution in [3.05, 3.63) is 98.7 Å². The number of rotatable bonds is 3. The number of para-hydroxylation sites is 3. The summed E-state index contributed by atoms with van der Waals surface area (Å²) in [4.78, 5) is 30.3. The Morgan fingerprint density at radius 2 is 0.769 bits per heavy atom. The van der Waals surface area contributed by atoms with Gasteiger partial charge < -0.3 is 0 Å². The number of halogens is 3. The summed E-state index contributed by atoms with van der Waals surface area (Å²) < 4.78 is 1.98. The van der Waals surface area contributed by atoms with Gasteiger partial charge in [-0.1, -0.05) is 18.2 Å². The van der Waals surface area contributed by atoms with E-state index < -0.39 is 14.8 Å². The summed E-state index contributed by atoms with van der Waals surface area (Å²) in [6.07, 6.45) is 0. The molecule has 6 aromatic rings. The molecule has 6 rings (SSSR count). The number of nitro groups is 3. The van der Waals surface area contributed by atoms with Gasteiger partial charge in [0.2, 0.25) is 0 Å². The molecule has 0 radical (unpaired) electrons. The number of benzene rings is 3. The van der Waals surface area contributed by atoms with Gasteiger partial charge in [-0.05, 0) is 66.0 Å². The molecule has 0 fully saturated rings. The molecule has 0 aliphatic heterocycles. The lowest BCUT2D eigenvalue weighted by atomic mass is 10.2. The minimum Gasteiger partial charge on any atom is -0.270 e. The number of fused-ring (bicyclic) bond motifs is 3. The maximum Gasteiger partial charge on any atom is 0.297 e. The van der Waals surface area contributed by atoms with Crippen molar-refractivity contribution in [2.45, 2.75) is 0 Å². The second-order valence-electron chi connectivity index (χ2n) is 7.40. The Hall–Kier alpha value is -4.29. The number of H-pyrrole nitrogens is 3. The minimum atomic E-state index is -0.449. The predicted molar refractivity (Wildman–Crippen MR) is 151 cm³/mol. The van der Waals surface area contributed by atoms with Crippen LogP contribution in [0.1, 0.15) is 0 Å². The van der Waals surface area contributed by atoms with Crippen molar-refractivity contribution in [1.82, 2.24) is 30.6 Å². The average Bonchev–Trinajstić information content (AvgIpc) is 3.61. The molecule has 198 valence electrons. The molecule has 0 saturated heterocycles. The molecule has 3 aromatic heterocycles. The number of hydrogen-bond donors (Lipinski definition) is 3. The minimum absolute atomic E-state index is 0.0134. The van der Waals surface area contributed by atoms with Crippen LogP contribution in [-0.2, 0) is 0 Å². The van der Waals surface area contributed by atoms with Crippen LogP contribution in [0.25, 0.3) is 32.7 Å². The molecule has 3 N–H and O–H groups in total. The molecule has 3 heterocycles. The van der Waals surface area contributed by atoms with Crippen LogP contribution in [0.15, 0.2) is 68.4 Å². The third-order valence-electron chi connectivity index (χ3n) is 5.14. The first kappa shape index (κ1) is 27.7. The Morgan fingerprint density at radius 1 is 0.513 bits per heavy atom. The molecule has 15 nitrogen and oxygen atoms in total. The monoisotopic (exact) mass is 723 g/mol. The predicted octanol–water partition coefficient (Wildman–Crippen LogP) is 6.70. The fourth-order valence-corrected chi connectivity index (χ4v) is 4.64. The van der Waals surface area contributed by atoms with Gasteiger partial charge in [-0.15, -0.1) is 0 Å². The molecule has 0 unspecified atom stereocenters. The zero-order valence-corrected chi connectivity index (χ0v) is 23.7. The number of hydrogen-bond acceptors (Lipinski definition) is 9. The maximum absolute atomic E-state index is 10.6. The van der Waals surface area contributed by atoms with E-state index in [1.165, 1.54) is 18.2 Å². The van der Waals surface area contributed by atoms with Gasteiger partial charge in [0, 0.05) is 34.4 Å². The van der Waals surface area contributed by atoms with Crippen molar-refractivity contribution in [3.8, 4) is 0 Å². The molecule has 3 aromatic carbocycles. The van der Waals surface area contributed by atoms with Crippen LogP contribution in [0.5, 0.6) is 0 Å². The Balaban J connectivity index is 0.000000136. The summed E-state index contributed by atoms with van der Waals surface area (Å²) in [5.41, 5.74) is 1.16. The fraction of sp³-hybridized carbons (Fsp3) is 0. The van der Waals surface area contributed by atoms with Crippen LogP contribution in [0, 0.1) is 30.3 Å². The first-order valence-electron chi connectivity index (χ1n) is 10.4. The zero-order chi connectivity index (χ0) is 28.3. The quantitative estimate of drug-likeness (QED) is 0.130. The smallest absolute Gasteiger partial charge is 0.270 e. The normalized spacial score (nSPS) is 10.5. The third kappa shape index (κ3) is 5.76. The molecular formula is C21H12Br3N9O6. The second-order valence-corrected chi connectivity index (χ2v) is 9.78. The first-order valence-corrected chi connectivity index (χ1v) is 12.8. The van der Waals surface area contributed by atoms with Crippen LogP contribution in [-0.4, -0.2) is 45.4 Å². The molecule has 0 amide bonds. The molecule has 18 heteroatoms. The summed E-state index contributed by atoms with van der Waals surface area (Å²) >= 11 is 9.63. The largest absolute Gasteiger partial charge is 0.297 e. The number of nitro benzene ring substituents is 3. The molecule has 0 bridgehead atoms. The van der Waals surface area contributed by atoms with Crippen molar-refractivity contribution in [3.63, 3.8) is 0 Å². The highest BCUT2D eigenvalue weighted by Gasteiger charge is 2.17. The van der Waals surface area contributed by atoms with Crippen LogP contribution in [0.2, 0.25) is 0 Å². The van der Waals surface area contributed by atoms with E-state index in [0.29, 0.717) is 46.5 Å². The number of non-ortho nitro benzene ring substituents is 3. The summed E-state index contributed by atoms with van der Waals surface area (Å²) in [7, 11) is 0. The SMILES string of the molecule is O=[N+]([O-])c1cccc2c(Br)[nH]nc12.O=[N+]([O-])c1cccc2c(Br)[nH]nc12.O=[N+]([O-])c1cccc2c(Br)[nH]nc12. The lowest BCUT2D eigenvalue weighted by Crippen LogP contribution is -1.88. The zero-order valence-electron chi connectivity index (χ0n) is 19.0. The van der Waals surface area contributed by atoms with Crippen molar-refractivity contribution in [2.24, 2.45) is 0 Å². The number of nitrogens with one attached hydrogen (secondary N) is 3. The molecule has 0 aliphatic carbocycles. The van der Waals surface area contributed by atoms with Gasteiger partial charge in [0.1, 0.15) is 13.8 Å². The van der Waals surface area contributed by atoms with Crippen LogP contribution in [0.3, 0.4) is 0 Å². The van der Waals surface area contributed by atoms with E-state index in [4.69, 9.17) is 0 Å². The first-order chi connectivity index (χ1) is 18.6. The van der Waals surface area contributed by atoms with Crippen LogP contribution >= 0.6 is 47.8 Å². The summed E-state index contributed by atoms with van der Waals surface area (Å²) in [5, 5.41) is 53.2. The van der Waals surface area contributed by atoms with E-state index in [1.54, 1.807) is 36.4 Å². The fourth-order valence-electron chi connectivity index (χ4n) is 3.42. The third-order valence-corrected chi connectivity index (χ3v) is 6.95. The van der Waals surface area contributed by atoms with E-state index in [9.17, 15) is 30.3 Å². The van der Waals surface area contributed by atoms with E-state index >= 15 is 0 Å². The van der Waals surface area contributed by atoms with Crippen molar-refractivity contribution in [2.75, 3.05) is 0 Å². The van der Waals surface area contributed by atoms with Crippen molar-refractivity contribution >= 4 is 97.6 Å². The topological polar surface area (TPSA) is 215 Å². The molecule has 0 aliphatic rings. The second kappa shape index (κ2) is 11.6. The molecular weight excluding hydrogens is 714 g/mol. The highest BCUT2D eigenvalue weighted by atomic mass is 79.9. The Kier molecular flexibility index (Phi) is 8.27. The van der Waals surface area contributed by atoms with E-state index in [2.05, 4.69) is 78.4 Å². The summed E-state index contributed by atoms with van der Waals surface area (Å²) in [6, 6.07) is 14.4. The van der Waals surface area contributed by atoms with Gasteiger partial charge in [0.25, 0.3) is 17.1 Å². The van der Waals surface area contributed by atoms with E-state index in [-0.39, 0.29) is 17.1 Å². The standard InChI is InChI=1S/3C7H4BrN3O2/c3*8-7-4-2-1-3-5(11(12)13)6(4)9-10-7/h3*1-3H,(H,9,10). The number of aromatic nitrogens is 6. The van der Waals surface area contributed by atoms with Gasteiger partial charge in [-0.3, -0.25) is 45.6 Å².